The van der Waals surface area contributed by atoms with E-state index in [4.69, 9.17) is 60.6 Å². The number of ether oxygens (including phenoxy) is 3. The maximum Gasteiger partial charge on any atom is 0.200 e. The summed E-state index contributed by atoms with van der Waals surface area (Å²) in [5.74, 6) is -25.2. The zero-order chi connectivity index (χ0) is 40.4. The Hall–Kier alpha value is -3.10. The van der Waals surface area contributed by atoms with Gasteiger partial charge in [-0.2, -0.15) is 0 Å². The van der Waals surface area contributed by atoms with Gasteiger partial charge in [-0.15, -0.1) is 46.4 Å². The van der Waals surface area contributed by atoms with E-state index in [1.807, 2.05) is 0 Å². The van der Waals surface area contributed by atoms with E-state index in [9.17, 15) is 26.3 Å². The van der Waals surface area contributed by atoms with Crippen molar-refractivity contribution in [2.24, 2.45) is 11.8 Å². The van der Waals surface area contributed by atoms with Crippen LogP contribution in [0.3, 0.4) is 0 Å². The minimum atomic E-state index is -2.45. The predicted octanol–water partition coefficient (Wildman–Crippen LogP) is 11.9. The highest BCUT2D eigenvalue weighted by molar-refractivity contribution is 6.51. The van der Waals surface area contributed by atoms with E-state index in [0.717, 1.165) is 0 Å². The topological polar surface area (TPSA) is 27.7 Å². The average molecular weight is 864 g/mol. The van der Waals surface area contributed by atoms with E-state index in [1.54, 1.807) is 13.8 Å². The third-order valence-electron chi connectivity index (χ3n) is 9.93. The third-order valence-corrected chi connectivity index (χ3v) is 11.6. The van der Waals surface area contributed by atoms with E-state index in [-0.39, 0.29) is 48.7 Å². The molecule has 0 amide bonds. The first-order valence-corrected chi connectivity index (χ1v) is 18.2. The summed E-state index contributed by atoms with van der Waals surface area (Å²) in [6.45, 7) is 3.74. The van der Waals surface area contributed by atoms with E-state index >= 15 is 17.6 Å². The fraction of sp³-hybridized carbons (Fsp3) is 0.368. The lowest BCUT2D eigenvalue weighted by atomic mass is 9.77. The third kappa shape index (κ3) is 7.33. The molecule has 296 valence electrons. The Morgan fingerprint density at radius 2 is 0.745 bits per heavy atom. The summed E-state index contributed by atoms with van der Waals surface area (Å²) >= 11 is 26.6. The number of hydrogen-bond acceptors (Lipinski definition) is 3. The fourth-order valence-electron chi connectivity index (χ4n) is 7.08. The van der Waals surface area contributed by atoms with Gasteiger partial charge >= 0.3 is 0 Å². The van der Waals surface area contributed by atoms with Crippen molar-refractivity contribution in [2.45, 2.75) is 59.4 Å². The first-order chi connectivity index (χ1) is 25.8. The standard InChI is InChI=1S/C38H28Cl4F10O3/c1-3-53-19-9-5-17(6-10-19)35(23-15-37(23,39)40,13-21-25(43)29(47)33(51)30(48)26(21)44)55-36(24-16-38(24,41)42,18-7-11-20(12-8-18)54-4-2)14-22-27(45)31(49)34(52)32(50)28(22)46/h5-12,23-24H,3-4,13-16H2,1-2H3. The molecule has 2 aliphatic carbocycles. The lowest BCUT2D eigenvalue weighted by Gasteiger charge is -2.47. The smallest absolute Gasteiger partial charge is 0.200 e. The lowest BCUT2D eigenvalue weighted by Crippen LogP contribution is -2.49. The van der Waals surface area contributed by atoms with E-state index in [1.165, 1.54) is 48.5 Å². The van der Waals surface area contributed by atoms with Crippen molar-refractivity contribution < 1.29 is 58.1 Å². The van der Waals surface area contributed by atoms with Gasteiger partial charge < -0.3 is 14.2 Å². The van der Waals surface area contributed by atoms with Crippen LogP contribution in [0.2, 0.25) is 0 Å². The highest BCUT2D eigenvalue weighted by Crippen LogP contribution is 2.69. The minimum absolute atomic E-state index is 0.0730. The summed E-state index contributed by atoms with van der Waals surface area (Å²) in [6.07, 6.45) is -2.98. The van der Waals surface area contributed by atoms with Gasteiger partial charge in [0.25, 0.3) is 0 Å². The maximum absolute atomic E-state index is 15.7. The van der Waals surface area contributed by atoms with Gasteiger partial charge in [-0.3, -0.25) is 0 Å². The van der Waals surface area contributed by atoms with Crippen LogP contribution in [0.5, 0.6) is 11.5 Å². The van der Waals surface area contributed by atoms with Crippen molar-refractivity contribution in [2.75, 3.05) is 13.2 Å². The lowest BCUT2D eigenvalue weighted by molar-refractivity contribution is -0.193. The van der Waals surface area contributed by atoms with Gasteiger partial charge in [0, 0.05) is 35.8 Å². The molecule has 0 heterocycles. The van der Waals surface area contributed by atoms with Gasteiger partial charge in [0.2, 0.25) is 11.6 Å². The van der Waals surface area contributed by atoms with Crippen LogP contribution < -0.4 is 9.47 Å². The van der Waals surface area contributed by atoms with Gasteiger partial charge in [0.15, 0.2) is 46.5 Å². The van der Waals surface area contributed by atoms with Crippen LogP contribution in [-0.2, 0) is 28.8 Å². The molecule has 4 aromatic rings. The van der Waals surface area contributed by atoms with Gasteiger partial charge in [-0.05, 0) is 62.1 Å². The van der Waals surface area contributed by atoms with Gasteiger partial charge in [0.1, 0.15) is 31.4 Å². The Morgan fingerprint density at radius 3 is 0.982 bits per heavy atom. The highest BCUT2D eigenvalue weighted by atomic mass is 35.5. The Bertz CT molecular complexity index is 1910. The summed E-state index contributed by atoms with van der Waals surface area (Å²) in [7, 11) is 0. The molecule has 2 fully saturated rings. The molecule has 4 atom stereocenters. The van der Waals surface area contributed by atoms with Crippen molar-refractivity contribution in [3.05, 3.63) is 129 Å². The van der Waals surface area contributed by atoms with Crippen LogP contribution in [-0.4, -0.2) is 21.9 Å². The molecule has 55 heavy (non-hydrogen) atoms. The normalized spacial score (nSPS) is 20.4. The molecule has 2 saturated carbocycles. The second-order valence-corrected chi connectivity index (χ2v) is 16.4. The van der Waals surface area contributed by atoms with Gasteiger partial charge in [-0.25, -0.2) is 43.9 Å². The maximum atomic E-state index is 15.7. The molecule has 3 nitrogen and oxygen atoms in total. The highest BCUT2D eigenvalue weighted by Gasteiger charge is 2.70. The summed E-state index contributed by atoms with van der Waals surface area (Å²) in [5, 5.41) is 0. The molecular formula is C38H28Cl4F10O3. The van der Waals surface area contributed by atoms with Crippen LogP contribution in [0.15, 0.2) is 48.5 Å². The van der Waals surface area contributed by atoms with E-state index in [0.29, 0.717) is 0 Å². The fourth-order valence-corrected chi connectivity index (χ4v) is 8.41. The summed E-state index contributed by atoms with van der Waals surface area (Å²) < 4.78 is 165. The zero-order valence-corrected chi connectivity index (χ0v) is 31.6. The summed E-state index contributed by atoms with van der Waals surface area (Å²) in [4.78, 5) is 0. The molecular weight excluding hydrogens is 836 g/mol. The van der Waals surface area contributed by atoms with Crippen molar-refractivity contribution in [3.8, 4) is 11.5 Å². The molecule has 0 aliphatic heterocycles. The number of hydrogen-bond donors (Lipinski definition) is 0. The number of benzene rings is 4. The molecule has 0 saturated heterocycles. The summed E-state index contributed by atoms with van der Waals surface area (Å²) in [5.41, 5.74) is -7.81. The van der Waals surface area contributed by atoms with Crippen LogP contribution in [0.25, 0.3) is 0 Å². The van der Waals surface area contributed by atoms with Crippen molar-refractivity contribution in [1.29, 1.82) is 0 Å². The number of halogens is 14. The largest absolute Gasteiger partial charge is 0.494 e. The van der Waals surface area contributed by atoms with Crippen molar-refractivity contribution >= 4 is 46.4 Å². The van der Waals surface area contributed by atoms with E-state index < -0.39 is 114 Å². The monoisotopic (exact) mass is 862 g/mol. The quantitative estimate of drug-likeness (QED) is 0.0547. The second-order valence-electron chi connectivity index (χ2n) is 13.3. The Balaban J connectivity index is 1.71. The zero-order valence-electron chi connectivity index (χ0n) is 28.5. The summed E-state index contributed by atoms with van der Waals surface area (Å²) in [6, 6.07) is 10.8. The average Bonchev–Trinajstić information content (AvgIpc) is 4.03. The number of alkyl halides is 4. The van der Waals surface area contributed by atoms with Crippen LogP contribution in [0.1, 0.15) is 48.9 Å². The number of rotatable bonds is 14. The van der Waals surface area contributed by atoms with Crippen molar-refractivity contribution in [1.82, 2.24) is 0 Å². The molecule has 0 N–H and O–H groups in total. The van der Waals surface area contributed by atoms with Crippen LogP contribution in [0.4, 0.5) is 43.9 Å². The Morgan fingerprint density at radius 1 is 0.491 bits per heavy atom. The molecule has 0 aromatic heterocycles. The molecule has 0 spiro atoms. The second kappa shape index (κ2) is 15.0. The molecule has 4 unspecified atom stereocenters. The van der Waals surface area contributed by atoms with Crippen molar-refractivity contribution in [3.63, 3.8) is 0 Å². The SMILES string of the molecule is CCOc1ccc(C(Cc2c(F)c(F)c(F)c(F)c2F)(OC(Cc2c(F)c(F)c(F)c(F)c2F)(c2ccc(OCC)cc2)C2CC2(Cl)Cl)C2CC2(Cl)Cl)cc1. The molecule has 0 bridgehead atoms. The Kier molecular flexibility index (Phi) is 11.3. The predicted molar refractivity (Wildman–Crippen MR) is 185 cm³/mol. The van der Waals surface area contributed by atoms with Crippen LogP contribution in [0, 0.1) is 70.0 Å². The molecule has 2 aliphatic rings. The minimum Gasteiger partial charge on any atom is -0.494 e. The molecule has 6 rings (SSSR count). The molecule has 0 radical (unpaired) electrons. The first kappa shape index (κ1) is 41.5. The van der Waals surface area contributed by atoms with E-state index in [2.05, 4.69) is 0 Å². The van der Waals surface area contributed by atoms with Crippen LogP contribution >= 0.6 is 46.4 Å². The van der Waals surface area contributed by atoms with Gasteiger partial charge in [-0.1, -0.05) is 24.3 Å². The molecule has 17 heteroatoms. The molecule has 4 aromatic carbocycles. The Labute approximate surface area is 328 Å². The van der Waals surface area contributed by atoms with Gasteiger partial charge in [0.05, 0.1) is 13.2 Å². The first-order valence-electron chi connectivity index (χ1n) is 16.7.